The van der Waals surface area contributed by atoms with Crippen molar-refractivity contribution < 1.29 is 22.7 Å². The Hall–Kier alpha value is -1.57. The molecule has 0 aromatic carbocycles. The molecule has 0 aromatic rings. The first-order chi connectivity index (χ1) is 9.96. The third-order valence-electron chi connectivity index (χ3n) is 3.82. The fraction of sp³-hybridized carbons (Fsp3) is 0.714. The van der Waals surface area contributed by atoms with Crippen molar-refractivity contribution in [2.24, 2.45) is 11.7 Å². The number of carbonyl (C=O) groups is 2. The lowest BCUT2D eigenvalue weighted by molar-refractivity contribution is -0.123. The molecule has 2 atom stereocenters. The molecule has 0 spiro atoms. The van der Waals surface area contributed by atoms with Crippen LogP contribution in [0.15, 0.2) is 12.7 Å². The van der Waals surface area contributed by atoms with E-state index in [0.717, 1.165) is 0 Å². The normalized spacial score (nSPS) is 27.9. The second-order valence-electron chi connectivity index (χ2n) is 6.82. The predicted molar refractivity (Wildman–Crippen MR) is 80.2 cm³/mol. The van der Waals surface area contributed by atoms with Gasteiger partial charge in [-0.3, -0.25) is 4.79 Å². The lowest BCUT2D eigenvalue weighted by Crippen LogP contribution is -2.56. The van der Waals surface area contributed by atoms with Crippen LogP contribution >= 0.6 is 0 Å². The maximum atomic E-state index is 12.7. The molecular formula is C14H22N2O5S. The molecule has 0 aliphatic heterocycles. The first-order valence-corrected chi connectivity index (χ1v) is 8.67. The van der Waals surface area contributed by atoms with Crippen LogP contribution in [-0.4, -0.2) is 41.1 Å². The van der Waals surface area contributed by atoms with Crippen molar-refractivity contribution in [2.75, 3.05) is 0 Å². The van der Waals surface area contributed by atoms with Gasteiger partial charge in [0.15, 0.2) is 0 Å². The molecule has 2 saturated carbocycles. The number of nitrogens with two attached hydrogens (primary N) is 1. The predicted octanol–water partition coefficient (Wildman–Crippen LogP) is 1.15. The van der Waals surface area contributed by atoms with Crippen molar-refractivity contribution in [3.63, 3.8) is 0 Å². The average Bonchev–Trinajstić information content (AvgIpc) is 3.21. The number of amides is 2. The highest BCUT2D eigenvalue weighted by atomic mass is 32.2. The summed E-state index contributed by atoms with van der Waals surface area (Å²) in [6.07, 6.45) is 1.48. The molecule has 124 valence electrons. The number of hydrogen-bond acceptors (Lipinski definition) is 5. The van der Waals surface area contributed by atoms with Gasteiger partial charge < -0.3 is 10.5 Å². The Kier molecular flexibility index (Phi) is 3.80. The van der Waals surface area contributed by atoms with Crippen LogP contribution in [0.3, 0.4) is 0 Å². The topological polar surface area (TPSA) is 107 Å². The van der Waals surface area contributed by atoms with Gasteiger partial charge in [0.2, 0.25) is 15.9 Å². The monoisotopic (exact) mass is 330 g/mol. The number of hydrogen-bond donors (Lipinski definition) is 1. The lowest BCUT2D eigenvalue weighted by atomic mass is 10.2. The van der Waals surface area contributed by atoms with Gasteiger partial charge in [-0.15, -0.1) is 6.58 Å². The third kappa shape index (κ3) is 2.71. The molecule has 2 aliphatic rings. The second kappa shape index (κ2) is 4.97. The van der Waals surface area contributed by atoms with E-state index < -0.39 is 44.3 Å². The Balaban J connectivity index is 2.45. The van der Waals surface area contributed by atoms with Gasteiger partial charge in [0.25, 0.3) is 0 Å². The molecule has 0 aromatic heterocycles. The van der Waals surface area contributed by atoms with Crippen molar-refractivity contribution in [3.8, 4) is 0 Å². The third-order valence-corrected chi connectivity index (χ3v) is 6.12. The number of nitrogens with zero attached hydrogens (tertiary/aromatic N) is 1. The van der Waals surface area contributed by atoms with Crippen molar-refractivity contribution >= 4 is 22.0 Å². The molecule has 0 heterocycles. The van der Waals surface area contributed by atoms with Crippen LogP contribution in [0.5, 0.6) is 0 Å². The standard InChI is InChI=1S/C14H22N2O5S/c1-5-9-8-14(9,11(15)17)16(12(18)21-13(2,3)4)22(19,20)10-6-7-10/h5,9-10H,1,6-8H2,2-4H3,(H2,15,17). The highest BCUT2D eigenvalue weighted by molar-refractivity contribution is 7.90. The Morgan fingerprint density at radius 3 is 2.23 bits per heavy atom. The van der Waals surface area contributed by atoms with E-state index in [0.29, 0.717) is 17.1 Å². The zero-order chi connectivity index (χ0) is 16.9. The maximum absolute atomic E-state index is 12.7. The van der Waals surface area contributed by atoms with Gasteiger partial charge in [-0.2, -0.15) is 4.31 Å². The fourth-order valence-electron chi connectivity index (χ4n) is 2.48. The molecular weight excluding hydrogens is 308 g/mol. The summed E-state index contributed by atoms with van der Waals surface area (Å²) in [4.78, 5) is 24.4. The van der Waals surface area contributed by atoms with Crippen molar-refractivity contribution in [3.05, 3.63) is 12.7 Å². The Labute approximate surface area is 130 Å². The smallest absolute Gasteiger partial charge is 0.425 e. The van der Waals surface area contributed by atoms with Crippen molar-refractivity contribution in [1.29, 1.82) is 0 Å². The molecule has 0 bridgehead atoms. The zero-order valence-electron chi connectivity index (χ0n) is 13.0. The maximum Gasteiger partial charge on any atom is 0.425 e. The van der Waals surface area contributed by atoms with E-state index in [1.165, 1.54) is 6.08 Å². The van der Waals surface area contributed by atoms with Crippen molar-refractivity contribution in [2.45, 2.75) is 56.4 Å². The van der Waals surface area contributed by atoms with E-state index in [1.807, 2.05) is 0 Å². The summed E-state index contributed by atoms with van der Waals surface area (Å²) in [5, 5.41) is -0.651. The number of ether oxygens (including phenoxy) is 1. The number of rotatable bonds is 5. The Morgan fingerprint density at radius 2 is 1.91 bits per heavy atom. The van der Waals surface area contributed by atoms with Crippen LogP contribution in [0.1, 0.15) is 40.0 Å². The van der Waals surface area contributed by atoms with Crippen LogP contribution in [-0.2, 0) is 19.6 Å². The van der Waals surface area contributed by atoms with Crippen LogP contribution < -0.4 is 5.73 Å². The zero-order valence-corrected chi connectivity index (χ0v) is 13.9. The highest BCUT2D eigenvalue weighted by Crippen LogP contribution is 2.52. The summed E-state index contributed by atoms with van der Waals surface area (Å²) in [5.41, 5.74) is 2.96. The Morgan fingerprint density at radius 1 is 1.36 bits per heavy atom. The van der Waals surface area contributed by atoms with Gasteiger partial charge >= 0.3 is 6.09 Å². The molecule has 2 unspecified atom stereocenters. The first-order valence-electron chi connectivity index (χ1n) is 7.16. The largest absolute Gasteiger partial charge is 0.443 e. The quantitative estimate of drug-likeness (QED) is 0.761. The van der Waals surface area contributed by atoms with E-state index in [9.17, 15) is 18.0 Å². The lowest BCUT2D eigenvalue weighted by Gasteiger charge is -2.32. The van der Waals surface area contributed by atoms with Gasteiger partial charge in [0, 0.05) is 5.92 Å². The van der Waals surface area contributed by atoms with Crippen LogP contribution in [0.2, 0.25) is 0 Å². The number of primary amides is 1. The van der Waals surface area contributed by atoms with Gasteiger partial charge in [-0.1, -0.05) is 6.08 Å². The molecule has 2 N–H and O–H groups in total. The van der Waals surface area contributed by atoms with Crippen LogP contribution in [0, 0.1) is 5.92 Å². The number of carbonyl (C=O) groups excluding carboxylic acids is 2. The van der Waals surface area contributed by atoms with Crippen LogP contribution in [0.25, 0.3) is 0 Å². The molecule has 0 saturated heterocycles. The molecule has 7 nitrogen and oxygen atoms in total. The summed E-state index contributed by atoms with van der Waals surface area (Å²) < 4.78 is 31.1. The van der Waals surface area contributed by atoms with E-state index in [1.54, 1.807) is 20.8 Å². The molecule has 0 radical (unpaired) electrons. The van der Waals surface area contributed by atoms with Gasteiger partial charge in [0.1, 0.15) is 11.1 Å². The summed E-state index contributed by atoms with van der Waals surface area (Å²) in [6, 6.07) is 0. The van der Waals surface area contributed by atoms with E-state index in [4.69, 9.17) is 10.5 Å². The SMILES string of the molecule is C=CC1CC1(C(N)=O)N(C(=O)OC(C)(C)C)S(=O)(=O)C1CC1. The van der Waals surface area contributed by atoms with Crippen molar-refractivity contribution in [1.82, 2.24) is 4.31 Å². The minimum Gasteiger partial charge on any atom is -0.443 e. The van der Waals surface area contributed by atoms with E-state index >= 15 is 0 Å². The summed E-state index contributed by atoms with van der Waals surface area (Å²) in [6.45, 7) is 8.46. The summed E-state index contributed by atoms with van der Waals surface area (Å²) >= 11 is 0. The first kappa shape index (κ1) is 16.8. The van der Waals surface area contributed by atoms with Crippen LogP contribution in [0.4, 0.5) is 4.79 Å². The minimum atomic E-state index is -3.97. The molecule has 2 amide bonds. The Bertz CT molecular complexity index is 618. The van der Waals surface area contributed by atoms with E-state index in [-0.39, 0.29) is 6.42 Å². The van der Waals surface area contributed by atoms with Gasteiger partial charge in [-0.25, -0.2) is 13.2 Å². The average molecular weight is 330 g/mol. The summed E-state index contributed by atoms with van der Waals surface area (Å²) in [5.74, 6) is -1.33. The minimum absolute atomic E-state index is 0.150. The fourth-order valence-corrected chi connectivity index (χ4v) is 4.51. The van der Waals surface area contributed by atoms with Gasteiger partial charge in [-0.05, 0) is 40.0 Å². The molecule has 2 fully saturated rings. The summed E-state index contributed by atoms with van der Waals surface area (Å²) in [7, 11) is -3.97. The van der Waals surface area contributed by atoms with Gasteiger partial charge in [0.05, 0.1) is 5.25 Å². The molecule has 2 rings (SSSR count). The second-order valence-corrected chi connectivity index (χ2v) is 8.89. The highest BCUT2D eigenvalue weighted by Gasteiger charge is 2.68. The molecule has 2 aliphatic carbocycles. The molecule has 8 heteroatoms. The van der Waals surface area contributed by atoms with E-state index in [2.05, 4.69) is 6.58 Å². The molecule has 22 heavy (non-hydrogen) atoms. The number of sulfonamides is 1.